The number of nitrogens with zero attached hydrogens (tertiary/aromatic N) is 4. The lowest BCUT2D eigenvalue weighted by atomic mass is 9.99. The zero-order valence-corrected chi connectivity index (χ0v) is 7.81. The second kappa shape index (κ2) is 2.80. The molecular formula is C9H12N4. The molecule has 0 saturated heterocycles. The van der Waals surface area contributed by atoms with Crippen molar-refractivity contribution >= 4 is 5.96 Å². The molecule has 0 amide bonds. The van der Waals surface area contributed by atoms with E-state index < -0.39 is 0 Å². The molecule has 0 N–H and O–H groups in total. The van der Waals surface area contributed by atoms with Gasteiger partial charge in [0.1, 0.15) is 0 Å². The van der Waals surface area contributed by atoms with Crippen molar-refractivity contribution in [3.05, 3.63) is 24.7 Å². The molecule has 4 nitrogen and oxygen atoms in total. The normalized spacial score (nSPS) is 30.3. The van der Waals surface area contributed by atoms with Gasteiger partial charge in [-0.1, -0.05) is 6.92 Å². The minimum atomic E-state index is -0.115. The van der Waals surface area contributed by atoms with Gasteiger partial charge in [-0.15, -0.1) is 5.11 Å². The van der Waals surface area contributed by atoms with E-state index >= 15 is 0 Å². The zero-order chi connectivity index (χ0) is 9.31. The van der Waals surface area contributed by atoms with Crippen LogP contribution in [-0.4, -0.2) is 16.4 Å². The Kier molecular flexibility index (Phi) is 1.76. The molecule has 0 saturated carbocycles. The first-order chi connectivity index (χ1) is 6.23. The molecule has 0 aromatic carbocycles. The molecule has 0 aromatic heterocycles. The third kappa shape index (κ3) is 1.39. The topological polar surface area (TPSA) is 40.3 Å². The summed E-state index contributed by atoms with van der Waals surface area (Å²) >= 11 is 0. The number of aliphatic imine (C=N–C) groups is 1. The van der Waals surface area contributed by atoms with Crippen LogP contribution in [0.2, 0.25) is 0 Å². The quantitative estimate of drug-likeness (QED) is 0.604. The van der Waals surface area contributed by atoms with Crippen molar-refractivity contribution < 1.29 is 0 Å². The molecule has 2 rings (SSSR count). The number of fused-ring (bicyclic) bond motifs is 1. The van der Waals surface area contributed by atoms with Gasteiger partial charge in [0.05, 0.1) is 11.7 Å². The van der Waals surface area contributed by atoms with Gasteiger partial charge in [0.2, 0.25) is 5.96 Å². The summed E-state index contributed by atoms with van der Waals surface area (Å²) in [5, 5.41) is 7.76. The van der Waals surface area contributed by atoms with E-state index in [-0.39, 0.29) is 5.54 Å². The van der Waals surface area contributed by atoms with Crippen LogP contribution in [0.15, 0.2) is 39.9 Å². The van der Waals surface area contributed by atoms with Gasteiger partial charge in [-0.2, -0.15) is 5.11 Å². The van der Waals surface area contributed by atoms with Gasteiger partial charge in [0.25, 0.3) is 0 Å². The molecule has 2 aliphatic rings. The first-order valence-electron chi connectivity index (χ1n) is 4.39. The first kappa shape index (κ1) is 8.16. The molecule has 1 atom stereocenters. The fraction of sp³-hybridized carbons (Fsp3) is 0.444. The summed E-state index contributed by atoms with van der Waals surface area (Å²) in [5.74, 6) is 0.675. The molecule has 0 aliphatic carbocycles. The molecule has 13 heavy (non-hydrogen) atoms. The highest BCUT2D eigenvalue weighted by Crippen LogP contribution is 2.23. The van der Waals surface area contributed by atoms with E-state index in [1.807, 2.05) is 17.3 Å². The van der Waals surface area contributed by atoms with E-state index in [1.54, 1.807) is 6.20 Å². The van der Waals surface area contributed by atoms with Crippen molar-refractivity contribution in [2.75, 3.05) is 0 Å². The molecule has 2 heterocycles. The third-order valence-electron chi connectivity index (χ3n) is 2.34. The summed E-state index contributed by atoms with van der Waals surface area (Å²) in [4.78, 5) is 6.36. The van der Waals surface area contributed by atoms with Crippen LogP contribution in [0.5, 0.6) is 0 Å². The second-order valence-electron chi connectivity index (χ2n) is 3.36. The summed E-state index contributed by atoms with van der Waals surface area (Å²) in [6, 6.07) is 0. The molecule has 0 spiro atoms. The van der Waals surface area contributed by atoms with Gasteiger partial charge < -0.3 is 0 Å². The van der Waals surface area contributed by atoms with Crippen LogP contribution in [0.3, 0.4) is 0 Å². The van der Waals surface area contributed by atoms with Gasteiger partial charge in [0, 0.05) is 12.4 Å². The Balaban J connectivity index is 2.33. The van der Waals surface area contributed by atoms with E-state index in [0.717, 1.165) is 6.42 Å². The highest BCUT2D eigenvalue weighted by Gasteiger charge is 2.24. The van der Waals surface area contributed by atoms with Gasteiger partial charge in [-0.05, 0) is 19.4 Å². The number of azo groups is 1. The molecular weight excluding hydrogens is 164 g/mol. The van der Waals surface area contributed by atoms with Crippen molar-refractivity contribution in [2.45, 2.75) is 25.8 Å². The van der Waals surface area contributed by atoms with Crippen LogP contribution in [0.4, 0.5) is 0 Å². The van der Waals surface area contributed by atoms with Crippen LogP contribution in [0, 0.1) is 0 Å². The summed E-state index contributed by atoms with van der Waals surface area (Å²) in [6.45, 7) is 4.20. The molecule has 0 radical (unpaired) electrons. The van der Waals surface area contributed by atoms with Gasteiger partial charge in [-0.25, -0.2) is 4.99 Å². The Hall–Kier alpha value is -1.45. The Morgan fingerprint density at radius 1 is 1.46 bits per heavy atom. The van der Waals surface area contributed by atoms with Crippen molar-refractivity contribution in [3.63, 3.8) is 0 Å². The van der Waals surface area contributed by atoms with Crippen LogP contribution in [0.25, 0.3) is 0 Å². The molecule has 4 heteroatoms. The van der Waals surface area contributed by atoms with Crippen molar-refractivity contribution in [3.8, 4) is 0 Å². The Bertz CT molecular complexity index is 327. The van der Waals surface area contributed by atoms with Crippen molar-refractivity contribution in [1.82, 2.24) is 4.90 Å². The molecule has 68 valence electrons. The predicted molar refractivity (Wildman–Crippen MR) is 51.1 cm³/mol. The zero-order valence-electron chi connectivity index (χ0n) is 7.81. The molecule has 0 aromatic rings. The molecule has 0 bridgehead atoms. The predicted octanol–water partition coefficient (Wildman–Crippen LogP) is 2.28. The highest BCUT2D eigenvalue weighted by molar-refractivity contribution is 5.84. The summed E-state index contributed by atoms with van der Waals surface area (Å²) in [6.07, 6.45) is 8.54. The number of hydrogen-bond donors (Lipinski definition) is 0. The maximum absolute atomic E-state index is 4.50. The lowest BCUT2D eigenvalue weighted by Crippen LogP contribution is -2.31. The van der Waals surface area contributed by atoms with Gasteiger partial charge in [0.15, 0.2) is 0 Å². The van der Waals surface area contributed by atoms with Crippen molar-refractivity contribution in [1.29, 1.82) is 0 Å². The number of guanidine groups is 1. The molecule has 2 aliphatic heterocycles. The van der Waals surface area contributed by atoms with E-state index in [1.165, 1.54) is 0 Å². The Labute approximate surface area is 77.4 Å². The van der Waals surface area contributed by atoms with Gasteiger partial charge >= 0.3 is 0 Å². The Morgan fingerprint density at radius 2 is 2.31 bits per heavy atom. The summed E-state index contributed by atoms with van der Waals surface area (Å²) in [7, 11) is 0. The number of rotatable bonds is 1. The smallest absolute Gasteiger partial charge is 0.249 e. The largest absolute Gasteiger partial charge is 0.290 e. The average molecular weight is 176 g/mol. The molecule has 0 fully saturated rings. The fourth-order valence-corrected chi connectivity index (χ4v) is 1.20. The third-order valence-corrected chi connectivity index (χ3v) is 2.34. The summed E-state index contributed by atoms with van der Waals surface area (Å²) in [5.41, 5.74) is -0.115. The lowest BCUT2D eigenvalue weighted by Gasteiger charge is -2.28. The SMILES string of the molecule is CCC1(C)C=CN2C=CN=NC2=N1. The summed E-state index contributed by atoms with van der Waals surface area (Å²) < 4.78 is 0. The van der Waals surface area contributed by atoms with Crippen molar-refractivity contribution in [2.24, 2.45) is 15.2 Å². The monoisotopic (exact) mass is 176 g/mol. The maximum Gasteiger partial charge on any atom is 0.249 e. The second-order valence-corrected chi connectivity index (χ2v) is 3.36. The average Bonchev–Trinajstić information content (AvgIpc) is 2.18. The minimum absolute atomic E-state index is 0.115. The molecule has 1 unspecified atom stereocenters. The maximum atomic E-state index is 4.50. The van der Waals surface area contributed by atoms with Crippen LogP contribution >= 0.6 is 0 Å². The van der Waals surface area contributed by atoms with Crippen LogP contribution in [-0.2, 0) is 0 Å². The minimum Gasteiger partial charge on any atom is -0.290 e. The highest BCUT2D eigenvalue weighted by atomic mass is 15.4. The number of hydrogen-bond acceptors (Lipinski definition) is 4. The van der Waals surface area contributed by atoms with Crippen LogP contribution in [0.1, 0.15) is 20.3 Å². The standard InChI is InChI=1S/C9H12N4/c1-3-9(2)4-6-13-7-5-10-12-8(13)11-9/h4-7H,3H2,1-2H3. The van der Waals surface area contributed by atoms with E-state index in [2.05, 4.69) is 35.1 Å². The van der Waals surface area contributed by atoms with Gasteiger partial charge in [-0.3, -0.25) is 4.90 Å². The lowest BCUT2D eigenvalue weighted by molar-refractivity contribution is 0.522. The fourth-order valence-electron chi connectivity index (χ4n) is 1.20. The van der Waals surface area contributed by atoms with E-state index in [9.17, 15) is 0 Å². The first-order valence-corrected chi connectivity index (χ1v) is 4.39. The van der Waals surface area contributed by atoms with E-state index in [4.69, 9.17) is 0 Å². The van der Waals surface area contributed by atoms with E-state index in [0.29, 0.717) is 5.96 Å². The Morgan fingerprint density at radius 3 is 3.08 bits per heavy atom. The van der Waals surface area contributed by atoms with Crippen LogP contribution < -0.4 is 0 Å².